The number of ketones is 1. The van der Waals surface area contributed by atoms with E-state index >= 15 is 0 Å². The first-order valence-electron chi connectivity index (χ1n) is 9.51. The van der Waals surface area contributed by atoms with Gasteiger partial charge in [-0.15, -0.1) is 10.2 Å². The van der Waals surface area contributed by atoms with Gasteiger partial charge in [0.2, 0.25) is 5.91 Å². The molecule has 0 bridgehead atoms. The van der Waals surface area contributed by atoms with Crippen molar-refractivity contribution in [3.8, 4) is 5.69 Å². The number of nitrogens with zero attached hydrogens (tertiary/aromatic N) is 4. The Morgan fingerprint density at radius 3 is 2.58 bits per heavy atom. The van der Waals surface area contributed by atoms with Gasteiger partial charge >= 0.3 is 0 Å². The van der Waals surface area contributed by atoms with E-state index in [4.69, 9.17) is 0 Å². The molecule has 31 heavy (non-hydrogen) atoms. The maximum atomic E-state index is 12.6. The molecule has 10 heteroatoms. The molecule has 0 aliphatic carbocycles. The smallest absolute Gasteiger partial charge is 0.270 e. The van der Waals surface area contributed by atoms with Crippen LogP contribution in [0.1, 0.15) is 28.7 Å². The highest BCUT2D eigenvalue weighted by Gasteiger charge is 2.17. The van der Waals surface area contributed by atoms with Crippen LogP contribution < -0.4 is 5.32 Å². The van der Waals surface area contributed by atoms with Crippen LogP contribution in [0.4, 0.5) is 5.69 Å². The average Bonchev–Trinajstić information content (AvgIpc) is 3.15. The Labute approximate surface area is 183 Å². The summed E-state index contributed by atoms with van der Waals surface area (Å²) in [5.74, 6) is 0.338. The highest BCUT2D eigenvalue weighted by atomic mass is 32.2. The Bertz CT molecular complexity index is 1110. The van der Waals surface area contributed by atoms with E-state index in [2.05, 4.69) is 15.5 Å². The van der Waals surface area contributed by atoms with E-state index in [0.717, 1.165) is 11.3 Å². The van der Waals surface area contributed by atoms with Crippen LogP contribution in [0, 0.1) is 17.0 Å². The fourth-order valence-electron chi connectivity index (χ4n) is 2.87. The second kappa shape index (κ2) is 9.98. The first kappa shape index (κ1) is 22.2. The molecule has 9 nitrogen and oxygen atoms in total. The Kier molecular flexibility index (Phi) is 7.14. The Morgan fingerprint density at radius 2 is 1.90 bits per heavy atom. The van der Waals surface area contributed by atoms with E-state index in [-0.39, 0.29) is 28.7 Å². The van der Waals surface area contributed by atoms with E-state index in [0.29, 0.717) is 23.9 Å². The summed E-state index contributed by atoms with van der Waals surface area (Å²) in [6.07, 6.45) is 0.472. The molecule has 0 fully saturated rings. The van der Waals surface area contributed by atoms with Gasteiger partial charge in [0.1, 0.15) is 5.82 Å². The molecule has 0 atom stereocenters. The van der Waals surface area contributed by atoms with E-state index in [1.165, 1.54) is 36.9 Å². The lowest BCUT2D eigenvalue weighted by Crippen LogP contribution is -2.23. The predicted molar refractivity (Wildman–Crippen MR) is 117 cm³/mol. The molecule has 2 aromatic carbocycles. The quantitative estimate of drug-likeness (QED) is 0.235. The summed E-state index contributed by atoms with van der Waals surface area (Å²) in [6, 6.07) is 13.5. The van der Waals surface area contributed by atoms with Crippen LogP contribution in [0.25, 0.3) is 5.69 Å². The standard InChI is InChI=1S/C21H21N5O4S/c1-14-6-8-17(9-7-14)25-20(10-11-22-15(2)27)23-24-21(25)31-13-19(28)16-4-3-5-18(12-16)26(29)30/h3-9,12H,10-11,13H2,1-2H3,(H,22,27). The molecule has 1 N–H and O–H groups in total. The first-order valence-corrected chi connectivity index (χ1v) is 10.5. The maximum absolute atomic E-state index is 12.6. The molecule has 0 aliphatic rings. The predicted octanol–water partition coefficient (Wildman–Crippen LogP) is 3.14. The molecule has 1 amide bonds. The monoisotopic (exact) mass is 439 g/mol. The number of nitrogens with one attached hydrogen (secondary N) is 1. The van der Waals surface area contributed by atoms with Crippen molar-refractivity contribution in [2.45, 2.75) is 25.4 Å². The van der Waals surface area contributed by atoms with Crippen molar-refractivity contribution >= 4 is 29.1 Å². The SMILES string of the molecule is CC(=O)NCCc1nnc(SCC(=O)c2cccc([N+](=O)[O-])c2)n1-c1ccc(C)cc1. The fourth-order valence-corrected chi connectivity index (χ4v) is 3.73. The Hall–Kier alpha value is -3.53. The number of rotatable bonds is 9. The molecule has 0 spiro atoms. The minimum absolute atomic E-state index is 0.0524. The lowest BCUT2D eigenvalue weighted by molar-refractivity contribution is -0.384. The Morgan fingerprint density at radius 1 is 1.16 bits per heavy atom. The van der Waals surface area contributed by atoms with Crippen LogP contribution in [0.2, 0.25) is 0 Å². The molecular formula is C21H21N5O4S. The van der Waals surface area contributed by atoms with Gasteiger partial charge in [-0.25, -0.2) is 0 Å². The second-order valence-electron chi connectivity index (χ2n) is 6.82. The maximum Gasteiger partial charge on any atom is 0.270 e. The summed E-state index contributed by atoms with van der Waals surface area (Å²) in [5.41, 5.74) is 2.10. The number of carbonyl (C=O) groups is 2. The van der Waals surface area contributed by atoms with Gasteiger partial charge in [0, 0.05) is 43.3 Å². The summed E-state index contributed by atoms with van der Waals surface area (Å²) in [5, 5.41) is 22.7. The van der Waals surface area contributed by atoms with Crippen LogP contribution in [-0.4, -0.2) is 43.7 Å². The second-order valence-corrected chi connectivity index (χ2v) is 7.76. The van der Waals surface area contributed by atoms with Crippen LogP contribution in [0.5, 0.6) is 0 Å². The van der Waals surface area contributed by atoms with E-state index < -0.39 is 4.92 Å². The van der Waals surface area contributed by atoms with Crippen LogP contribution in [0.15, 0.2) is 53.7 Å². The summed E-state index contributed by atoms with van der Waals surface area (Å²) >= 11 is 1.21. The average molecular weight is 439 g/mol. The third kappa shape index (κ3) is 5.76. The third-order valence-electron chi connectivity index (χ3n) is 4.43. The molecule has 0 radical (unpaired) electrons. The number of thioether (sulfide) groups is 1. The molecule has 0 saturated carbocycles. The normalized spacial score (nSPS) is 10.6. The van der Waals surface area contributed by atoms with Crippen molar-refractivity contribution in [1.29, 1.82) is 0 Å². The highest BCUT2D eigenvalue weighted by Crippen LogP contribution is 2.24. The number of amides is 1. The number of non-ortho nitro benzene ring substituents is 1. The van der Waals surface area contributed by atoms with E-state index in [9.17, 15) is 19.7 Å². The van der Waals surface area contributed by atoms with Crippen LogP contribution in [-0.2, 0) is 11.2 Å². The summed E-state index contributed by atoms with van der Waals surface area (Å²) < 4.78 is 1.85. The molecule has 0 saturated heterocycles. The van der Waals surface area contributed by atoms with Crippen molar-refractivity contribution in [2.24, 2.45) is 0 Å². The van der Waals surface area contributed by atoms with Gasteiger partial charge in [-0.3, -0.25) is 24.3 Å². The van der Waals surface area contributed by atoms with Crippen molar-refractivity contribution in [1.82, 2.24) is 20.1 Å². The Balaban J connectivity index is 1.81. The van der Waals surface area contributed by atoms with Crippen LogP contribution >= 0.6 is 11.8 Å². The summed E-state index contributed by atoms with van der Waals surface area (Å²) in [6.45, 7) is 3.85. The number of hydrogen-bond donors (Lipinski definition) is 1. The topological polar surface area (TPSA) is 120 Å². The van der Waals surface area contributed by atoms with E-state index in [1.54, 1.807) is 6.07 Å². The van der Waals surface area contributed by atoms with Gasteiger partial charge in [-0.05, 0) is 19.1 Å². The highest BCUT2D eigenvalue weighted by molar-refractivity contribution is 7.99. The molecule has 1 aromatic heterocycles. The van der Waals surface area contributed by atoms with Gasteiger partial charge in [-0.1, -0.05) is 41.6 Å². The van der Waals surface area contributed by atoms with Crippen molar-refractivity contribution < 1.29 is 14.5 Å². The zero-order valence-electron chi connectivity index (χ0n) is 17.1. The van der Waals surface area contributed by atoms with Gasteiger partial charge in [-0.2, -0.15) is 0 Å². The van der Waals surface area contributed by atoms with Gasteiger partial charge in [0.05, 0.1) is 10.7 Å². The molecular weight excluding hydrogens is 418 g/mol. The van der Waals surface area contributed by atoms with Gasteiger partial charge < -0.3 is 5.32 Å². The zero-order valence-corrected chi connectivity index (χ0v) is 17.9. The lowest BCUT2D eigenvalue weighted by atomic mass is 10.1. The molecule has 0 unspecified atom stereocenters. The van der Waals surface area contributed by atoms with Crippen LogP contribution in [0.3, 0.4) is 0 Å². The molecule has 3 aromatic rings. The zero-order chi connectivity index (χ0) is 22.4. The molecule has 3 rings (SSSR count). The van der Waals surface area contributed by atoms with Crippen molar-refractivity contribution in [2.75, 3.05) is 12.3 Å². The number of benzene rings is 2. The van der Waals surface area contributed by atoms with Gasteiger partial charge in [0.25, 0.3) is 5.69 Å². The first-order chi connectivity index (χ1) is 14.8. The number of aromatic nitrogens is 3. The lowest BCUT2D eigenvalue weighted by Gasteiger charge is -2.11. The number of nitro benzene ring substituents is 1. The third-order valence-corrected chi connectivity index (χ3v) is 5.36. The molecule has 1 heterocycles. The largest absolute Gasteiger partial charge is 0.356 e. The number of Topliss-reactive ketones (excluding diaryl/α,β-unsaturated/α-hetero) is 1. The summed E-state index contributed by atoms with van der Waals surface area (Å²) in [7, 11) is 0. The number of hydrogen-bond acceptors (Lipinski definition) is 7. The molecule has 0 aliphatic heterocycles. The van der Waals surface area contributed by atoms with Crippen molar-refractivity contribution in [3.63, 3.8) is 0 Å². The number of aryl methyl sites for hydroxylation is 1. The number of nitro groups is 1. The van der Waals surface area contributed by atoms with E-state index in [1.807, 2.05) is 35.8 Å². The molecule has 160 valence electrons. The fraction of sp³-hybridized carbons (Fsp3) is 0.238. The minimum atomic E-state index is -0.528. The summed E-state index contributed by atoms with van der Waals surface area (Å²) in [4.78, 5) is 34.2. The number of carbonyl (C=O) groups excluding carboxylic acids is 2. The van der Waals surface area contributed by atoms with Gasteiger partial charge in [0.15, 0.2) is 10.9 Å². The van der Waals surface area contributed by atoms with Crippen molar-refractivity contribution in [3.05, 3.63) is 75.6 Å². The minimum Gasteiger partial charge on any atom is -0.356 e.